The minimum absolute atomic E-state index is 0.143. The monoisotopic (exact) mass is 275 g/mol. The van der Waals surface area contributed by atoms with Crippen LogP contribution in [-0.2, 0) is 6.42 Å². The summed E-state index contributed by atoms with van der Waals surface area (Å²) in [7, 11) is 0. The van der Waals surface area contributed by atoms with Crippen LogP contribution < -0.4 is 16.6 Å². The van der Waals surface area contributed by atoms with Gasteiger partial charge in [-0.3, -0.25) is 14.6 Å². The first-order valence-corrected chi connectivity index (χ1v) is 5.94. The van der Waals surface area contributed by atoms with Crippen molar-refractivity contribution >= 4 is 5.91 Å². The van der Waals surface area contributed by atoms with Crippen molar-refractivity contribution in [2.75, 3.05) is 6.54 Å². The van der Waals surface area contributed by atoms with Gasteiger partial charge in [-0.05, 0) is 24.1 Å². The molecule has 4 N–H and O–H groups in total. The van der Waals surface area contributed by atoms with Crippen LogP contribution in [0.1, 0.15) is 15.9 Å². The number of nitrogens with one attached hydrogen (secondary N) is 3. The zero-order valence-electron chi connectivity index (χ0n) is 10.5. The van der Waals surface area contributed by atoms with E-state index in [4.69, 9.17) is 5.11 Å². The standard InChI is InChI=1S/C13H13N3O4/c17-9-3-1-8(2-4-9)5-6-14-11(18)10-7-15-13(20)16-12(10)19/h1-4,7,17H,5-6H2,(H,14,18)(H2,15,16,19,20). The molecule has 2 aromatic rings. The van der Waals surface area contributed by atoms with Gasteiger partial charge in [0.15, 0.2) is 0 Å². The fourth-order valence-corrected chi connectivity index (χ4v) is 1.66. The van der Waals surface area contributed by atoms with Crippen molar-refractivity contribution in [3.8, 4) is 5.75 Å². The zero-order valence-corrected chi connectivity index (χ0v) is 10.5. The van der Waals surface area contributed by atoms with Crippen LogP contribution >= 0.6 is 0 Å². The minimum Gasteiger partial charge on any atom is -0.508 e. The number of aromatic hydroxyl groups is 1. The fraction of sp³-hybridized carbons (Fsp3) is 0.154. The summed E-state index contributed by atoms with van der Waals surface area (Å²) in [6.07, 6.45) is 1.64. The number of phenolic OH excluding ortho intramolecular Hbond substituents is 1. The van der Waals surface area contributed by atoms with E-state index in [9.17, 15) is 14.4 Å². The Hall–Kier alpha value is -2.83. The summed E-state index contributed by atoms with van der Waals surface area (Å²) in [5.41, 5.74) is -0.583. The van der Waals surface area contributed by atoms with Gasteiger partial charge in [0.2, 0.25) is 0 Å². The first kappa shape index (κ1) is 13.6. The van der Waals surface area contributed by atoms with Gasteiger partial charge in [0.05, 0.1) is 0 Å². The van der Waals surface area contributed by atoms with Crippen molar-refractivity contribution in [2.45, 2.75) is 6.42 Å². The van der Waals surface area contributed by atoms with E-state index in [1.54, 1.807) is 24.3 Å². The third kappa shape index (κ3) is 3.35. The van der Waals surface area contributed by atoms with Crippen LogP contribution in [0.5, 0.6) is 5.75 Å². The number of rotatable bonds is 4. The van der Waals surface area contributed by atoms with Crippen LogP contribution in [0.3, 0.4) is 0 Å². The van der Waals surface area contributed by atoms with Crippen molar-refractivity contribution in [1.82, 2.24) is 15.3 Å². The molecule has 1 aromatic heterocycles. The molecule has 0 radical (unpaired) electrons. The van der Waals surface area contributed by atoms with E-state index in [0.717, 1.165) is 11.8 Å². The number of aromatic amines is 2. The van der Waals surface area contributed by atoms with Crippen LogP contribution in [0.2, 0.25) is 0 Å². The average molecular weight is 275 g/mol. The van der Waals surface area contributed by atoms with Crippen molar-refractivity contribution in [3.05, 3.63) is 62.4 Å². The quantitative estimate of drug-likeness (QED) is 0.615. The Morgan fingerprint density at radius 2 is 1.90 bits per heavy atom. The topological polar surface area (TPSA) is 115 Å². The average Bonchev–Trinajstić information content (AvgIpc) is 2.41. The van der Waals surface area contributed by atoms with Gasteiger partial charge in [0.1, 0.15) is 11.3 Å². The van der Waals surface area contributed by atoms with Crippen molar-refractivity contribution in [1.29, 1.82) is 0 Å². The molecule has 0 aliphatic heterocycles. The number of hydrogen-bond acceptors (Lipinski definition) is 4. The molecular formula is C13H13N3O4. The van der Waals surface area contributed by atoms with Gasteiger partial charge in [-0.2, -0.15) is 0 Å². The Morgan fingerprint density at radius 3 is 2.55 bits per heavy atom. The smallest absolute Gasteiger partial charge is 0.325 e. The molecule has 1 aromatic carbocycles. The number of benzene rings is 1. The summed E-state index contributed by atoms with van der Waals surface area (Å²) >= 11 is 0. The Kier molecular flexibility index (Phi) is 3.99. The maximum atomic E-state index is 11.7. The maximum Gasteiger partial charge on any atom is 0.325 e. The molecule has 0 saturated heterocycles. The molecule has 104 valence electrons. The third-order valence-electron chi connectivity index (χ3n) is 2.70. The lowest BCUT2D eigenvalue weighted by Gasteiger charge is -2.04. The molecule has 1 heterocycles. The molecule has 20 heavy (non-hydrogen) atoms. The lowest BCUT2D eigenvalue weighted by Crippen LogP contribution is -2.34. The van der Waals surface area contributed by atoms with Crippen LogP contribution in [0, 0.1) is 0 Å². The van der Waals surface area contributed by atoms with Gasteiger partial charge < -0.3 is 15.4 Å². The number of H-pyrrole nitrogens is 2. The molecular weight excluding hydrogens is 262 g/mol. The van der Waals surface area contributed by atoms with E-state index in [1.807, 2.05) is 4.98 Å². The largest absolute Gasteiger partial charge is 0.508 e. The number of aromatic nitrogens is 2. The van der Waals surface area contributed by atoms with E-state index in [0.29, 0.717) is 13.0 Å². The number of phenols is 1. The van der Waals surface area contributed by atoms with Gasteiger partial charge in [-0.1, -0.05) is 12.1 Å². The van der Waals surface area contributed by atoms with Crippen LogP contribution in [0.15, 0.2) is 40.1 Å². The van der Waals surface area contributed by atoms with Crippen molar-refractivity contribution in [3.63, 3.8) is 0 Å². The van der Waals surface area contributed by atoms with Gasteiger partial charge in [0, 0.05) is 12.7 Å². The summed E-state index contributed by atoms with van der Waals surface area (Å²) in [5.74, 6) is -0.376. The van der Waals surface area contributed by atoms with Gasteiger partial charge >= 0.3 is 5.69 Å². The highest BCUT2D eigenvalue weighted by molar-refractivity contribution is 5.93. The summed E-state index contributed by atoms with van der Waals surface area (Å²) in [5, 5.41) is 11.7. The number of carbonyl (C=O) groups is 1. The molecule has 2 rings (SSSR count). The van der Waals surface area contributed by atoms with Crippen LogP contribution in [-0.4, -0.2) is 27.5 Å². The molecule has 0 bridgehead atoms. The Bertz CT molecular complexity index is 715. The second-order valence-corrected chi connectivity index (χ2v) is 4.16. The van der Waals surface area contributed by atoms with E-state index >= 15 is 0 Å². The van der Waals surface area contributed by atoms with E-state index in [-0.39, 0.29) is 11.3 Å². The minimum atomic E-state index is -0.726. The highest BCUT2D eigenvalue weighted by atomic mass is 16.3. The molecule has 0 aliphatic carbocycles. The third-order valence-corrected chi connectivity index (χ3v) is 2.70. The lowest BCUT2D eigenvalue weighted by atomic mass is 10.1. The Morgan fingerprint density at radius 1 is 1.20 bits per heavy atom. The van der Waals surface area contributed by atoms with E-state index in [2.05, 4.69) is 10.3 Å². The second kappa shape index (κ2) is 5.87. The molecule has 7 heteroatoms. The van der Waals surface area contributed by atoms with Crippen molar-refractivity contribution < 1.29 is 9.90 Å². The predicted molar refractivity (Wildman–Crippen MR) is 71.8 cm³/mol. The molecule has 0 fully saturated rings. The lowest BCUT2D eigenvalue weighted by molar-refractivity contribution is 0.0952. The summed E-state index contributed by atoms with van der Waals surface area (Å²) < 4.78 is 0. The molecule has 0 atom stereocenters. The molecule has 1 amide bonds. The van der Waals surface area contributed by atoms with E-state index < -0.39 is 17.2 Å². The molecule has 0 spiro atoms. The summed E-state index contributed by atoms with van der Waals surface area (Å²) in [4.78, 5) is 38.2. The van der Waals surface area contributed by atoms with Gasteiger partial charge in [-0.15, -0.1) is 0 Å². The highest BCUT2D eigenvalue weighted by Crippen LogP contribution is 2.09. The normalized spacial score (nSPS) is 10.2. The van der Waals surface area contributed by atoms with Crippen LogP contribution in [0.25, 0.3) is 0 Å². The maximum absolute atomic E-state index is 11.7. The van der Waals surface area contributed by atoms with E-state index in [1.165, 1.54) is 0 Å². The predicted octanol–water partition coefficient (Wildman–Crippen LogP) is -0.259. The molecule has 0 aliphatic rings. The first-order valence-electron chi connectivity index (χ1n) is 5.94. The highest BCUT2D eigenvalue weighted by Gasteiger charge is 2.09. The fourth-order valence-electron chi connectivity index (χ4n) is 1.66. The Balaban J connectivity index is 1.94. The van der Waals surface area contributed by atoms with Crippen molar-refractivity contribution in [2.24, 2.45) is 0 Å². The first-order chi connectivity index (χ1) is 9.56. The van der Waals surface area contributed by atoms with Crippen LogP contribution in [0.4, 0.5) is 0 Å². The molecule has 0 unspecified atom stereocenters. The zero-order chi connectivity index (χ0) is 14.5. The van der Waals surface area contributed by atoms with Gasteiger partial charge in [0.25, 0.3) is 11.5 Å². The summed E-state index contributed by atoms with van der Waals surface area (Å²) in [6.45, 7) is 0.335. The second-order valence-electron chi connectivity index (χ2n) is 4.16. The molecule has 7 nitrogen and oxygen atoms in total. The number of amides is 1. The number of hydrogen-bond donors (Lipinski definition) is 4. The number of carbonyl (C=O) groups excluding carboxylic acids is 1. The SMILES string of the molecule is O=C(NCCc1ccc(O)cc1)c1c[nH]c(=O)[nH]c1=O. The summed E-state index contributed by atoms with van der Waals surface area (Å²) in [6, 6.07) is 6.61. The Labute approximate surface area is 113 Å². The van der Waals surface area contributed by atoms with Gasteiger partial charge in [-0.25, -0.2) is 4.79 Å². The molecule has 0 saturated carbocycles.